The number of carbonyl (C=O) groups excluding carboxylic acids is 1. The molecule has 1 amide bonds. The number of amides is 1. The Balaban J connectivity index is 1.62. The van der Waals surface area contributed by atoms with Crippen LogP contribution in [0.3, 0.4) is 0 Å². The SMILES string of the molecule is CC1CCN(CCNC(=O)C2CCCC(CCN)C2)CC1. The molecule has 1 heterocycles. The zero-order valence-electron chi connectivity index (χ0n) is 13.7. The van der Waals surface area contributed by atoms with E-state index in [0.717, 1.165) is 44.8 Å². The summed E-state index contributed by atoms with van der Waals surface area (Å²) < 4.78 is 0. The first-order chi connectivity index (χ1) is 10.2. The fourth-order valence-electron chi connectivity index (χ4n) is 3.79. The van der Waals surface area contributed by atoms with Gasteiger partial charge >= 0.3 is 0 Å². The molecule has 0 radical (unpaired) electrons. The van der Waals surface area contributed by atoms with E-state index in [2.05, 4.69) is 17.1 Å². The van der Waals surface area contributed by atoms with Crippen LogP contribution in [0.15, 0.2) is 0 Å². The Morgan fingerprint density at radius 2 is 2.00 bits per heavy atom. The number of nitrogens with zero attached hydrogens (tertiary/aromatic N) is 1. The highest BCUT2D eigenvalue weighted by Crippen LogP contribution is 2.30. The maximum absolute atomic E-state index is 12.3. The summed E-state index contributed by atoms with van der Waals surface area (Å²) >= 11 is 0. The fourth-order valence-corrected chi connectivity index (χ4v) is 3.79. The Bertz CT molecular complexity index is 311. The summed E-state index contributed by atoms with van der Waals surface area (Å²) in [7, 11) is 0. The van der Waals surface area contributed by atoms with E-state index in [-0.39, 0.29) is 11.8 Å². The third-order valence-corrected chi connectivity index (χ3v) is 5.33. The van der Waals surface area contributed by atoms with Crippen LogP contribution in [0.4, 0.5) is 0 Å². The molecule has 21 heavy (non-hydrogen) atoms. The Morgan fingerprint density at radius 3 is 2.71 bits per heavy atom. The van der Waals surface area contributed by atoms with Crippen LogP contribution < -0.4 is 11.1 Å². The van der Waals surface area contributed by atoms with Gasteiger partial charge in [-0.05, 0) is 63.6 Å². The first-order valence-corrected chi connectivity index (χ1v) is 8.89. The van der Waals surface area contributed by atoms with Gasteiger partial charge in [-0.25, -0.2) is 0 Å². The van der Waals surface area contributed by atoms with E-state index in [1.54, 1.807) is 0 Å². The van der Waals surface area contributed by atoms with Crippen molar-refractivity contribution in [3.05, 3.63) is 0 Å². The van der Waals surface area contributed by atoms with Crippen LogP contribution >= 0.6 is 0 Å². The highest BCUT2D eigenvalue weighted by atomic mass is 16.1. The van der Waals surface area contributed by atoms with Crippen molar-refractivity contribution in [3.63, 3.8) is 0 Å². The largest absolute Gasteiger partial charge is 0.355 e. The van der Waals surface area contributed by atoms with E-state index < -0.39 is 0 Å². The molecule has 122 valence electrons. The molecule has 0 aromatic rings. The summed E-state index contributed by atoms with van der Waals surface area (Å²) in [4.78, 5) is 14.8. The molecule has 1 aliphatic carbocycles. The van der Waals surface area contributed by atoms with Crippen molar-refractivity contribution in [1.29, 1.82) is 0 Å². The lowest BCUT2D eigenvalue weighted by Gasteiger charge is -2.31. The van der Waals surface area contributed by atoms with Crippen LogP contribution in [-0.4, -0.2) is 43.5 Å². The summed E-state index contributed by atoms with van der Waals surface area (Å²) in [6.07, 6.45) is 8.24. The number of nitrogens with two attached hydrogens (primary N) is 1. The molecule has 0 aromatic heterocycles. The average Bonchev–Trinajstić information content (AvgIpc) is 2.50. The fraction of sp³-hybridized carbons (Fsp3) is 0.941. The number of nitrogens with one attached hydrogen (secondary N) is 1. The van der Waals surface area contributed by atoms with Gasteiger partial charge in [0.1, 0.15) is 0 Å². The van der Waals surface area contributed by atoms with Gasteiger partial charge in [0.05, 0.1) is 0 Å². The van der Waals surface area contributed by atoms with Crippen molar-refractivity contribution in [3.8, 4) is 0 Å². The van der Waals surface area contributed by atoms with Crippen LogP contribution in [0.1, 0.15) is 51.9 Å². The van der Waals surface area contributed by atoms with E-state index >= 15 is 0 Å². The first-order valence-electron chi connectivity index (χ1n) is 8.89. The lowest BCUT2D eigenvalue weighted by Crippen LogP contribution is -2.41. The molecule has 1 saturated heterocycles. The van der Waals surface area contributed by atoms with Crippen LogP contribution in [0, 0.1) is 17.8 Å². The molecule has 0 spiro atoms. The number of hydrogen-bond acceptors (Lipinski definition) is 3. The topological polar surface area (TPSA) is 58.4 Å². The third-order valence-electron chi connectivity index (χ3n) is 5.33. The maximum atomic E-state index is 12.3. The van der Waals surface area contributed by atoms with Crippen LogP contribution in [0.5, 0.6) is 0 Å². The van der Waals surface area contributed by atoms with E-state index in [1.165, 1.54) is 38.8 Å². The number of hydrogen-bond donors (Lipinski definition) is 2. The molecule has 2 aliphatic rings. The summed E-state index contributed by atoms with van der Waals surface area (Å²) in [5.41, 5.74) is 5.65. The molecule has 4 heteroatoms. The Morgan fingerprint density at radius 1 is 1.24 bits per heavy atom. The Hall–Kier alpha value is -0.610. The molecule has 0 aromatic carbocycles. The van der Waals surface area contributed by atoms with Gasteiger partial charge in [0.15, 0.2) is 0 Å². The van der Waals surface area contributed by atoms with Crippen LogP contribution in [0.25, 0.3) is 0 Å². The number of piperidine rings is 1. The highest BCUT2D eigenvalue weighted by molar-refractivity contribution is 5.78. The average molecular weight is 295 g/mol. The zero-order valence-corrected chi connectivity index (χ0v) is 13.7. The van der Waals surface area contributed by atoms with Gasteiger partial charge in [-0.2, -0.15) is 0 Å². The van der Waals surface area contributed by atoms with E-state index in [9.17, 15) is 4.79 Å². The van der Waals surface area contributed by atoms with E-state index in [4.69, 9.17) is 5.73 Å². The third kappa shape index (κ3) is 5.59. The molecule has 4 nitrogen and oxygen atoms in total. The van der Waals surface area contributed by atoms with Gasteiger partial charge in [-0.3, -0.25) is 4.79 Å². The smallest absolute Gasteiger partial charge is 0.223 e. The van der Waals surface area contributed by atoms with Crippen molar-refractivity contribution in [2.45, 2.75) is 51.9 Å². The van der Waals surface area contributed by atoms with E-state index in [0.29, 0.717) is 5.92 Å². The second-order valence-corrected chi connectivity index (χ2v) is 7.12. The Kier molecular flexibility index (Phi) is 6.97. The van der Waals surface area contributed by atoms with Gasteiger partial charge < -0.3 is 16.0 Å². The second kappa shape index (κ2) is 8.74. The predicted octanol–water partition coefficient (Wildman–Crippen LogP) is 1.99. The minimum Gasteiger partial charge on any atom is -0.355 e. The second-order valence-electron chi connectivity index (χ2n) is 7.12. The molecular formula is C17H33N3O. The number of carbonyl (C=O) groups is 1. The van der Waals surface area contributed by atoms with Crippen LogP contribution in [-0.2, 0) is 4.79 Å². The molecule has 0 bridgehead atoms. The molecule has 2 atom stereocenters. The van der Waals surface area contributed by atoms with E-state index in [1.807, 2.05) is 0 Å². The quantitative estimate of drug-likeness (QED) is 0.788. The molecular weight excluding hydrogens is 262 g/mol. The van der Waals surface area contributed by atoms with Crippen molar-refractivity contribution >= 4 is 5.91 Å². The van der Waals surface area contributed by atoms with Crippen molar-refractivity contribution in [2.75, 3.05) is 32.7 Å². The highest BCUT2D eigenvalue weighted by Gasteiger charge is 2.26. The minimum absolute atomic E-state index is 0.233. The summed E-state index contributed by atoms with van der Waals surface area (Å²) in [5, 5.41) is 3.16. The molecule has 1 aliphatic heterocycles. The lowest BCUT2D eigenvalue weighted by molar-refractivity contribution is -0.126. The molecule has 2 fully saturated rings. The summed E-state index contributed by atoms with van der Waals surface area (Å²) in [5.74, 6) is 2.06. The molecule has 1 saturated carbocycles. The van der Waals surface area contributed by atoms with Gasteiger partial charge in [-0.1, -0.05) is 19.8 Å². The van der Waals surface area contributed by atoms with Gasteiger partial charge in [0, 0.05) is 19.0 Å². The molecule has 3 N–H and O–H groups in total. The monoisotopic (exact) mass is 295 g/mol. The molecule has 2 rings (SSSR count). The molecule has 2 unspecified atom stereocenters. The Labute approximate surface area is 129 Å². The van der Waals surface area contributed by atoms with Gasteiger partial charge in [0.25, 0.3) is 0 Å². The predicted molar refractivity (Wildman–Crippen MR) is 87.0 cm³/mol. The van der Waals surface area contributed by atoms with Crippen molar-refractivity contribution in [1.82, 2.24) is 10.2 Å². The number of rotatable bonds is 6. The number of likely N-dealkylation sites (tertiary alicyclic amines) is 1. The van der Waals surface area contributed by atoms with Crippen molar-refractivity contribution < 1.29 is 4.79 Å². The van der Waals surface area contributed by atoms with Gasteiger partial charge in [-0.15, -0.1) is 0 Å². The summed E-state index contributed by atoms with van der Waals surface area (Å²) in [6, 6.07) is 0. The van der Waals surface area contributed by atoms with Crippen molar-refractivity contribution in [2.24, 2.45) is 23.5 Å². The normalized spacial score (nSPS) is 28.5. The zero-order chi connectivity index (χ0) is 15.1. The minimum atomic E-state index is 0.233. The standard InChI is InChI=1S/C17H33N3O/c1-14-6-10-20(11-7-14)12-9-19-17(21)16-4-2-3-15(13-16)5-8-18/h14-16H,2-13,18H2,1H3,(H,19,21). The first kappa shape index (κ1) is 16.8. The van der Waals surface area contributed by atoms with Crippen LogP contribution in [0.2, 0.25) is 0 Å². The maximum Gasteiger partial charge on any atom is 0.223 e. The van der Waals surface area contributed by atoms with Gasteiger partial charge in [0.2, 0.25) is 5.91 Å². The summed E-state index contributed by atoms with van der Waals surface area (Å²) in [6.45, 7) is 7.30. The lowest BCUT2D eigenvalue weighted by atomic mass is 9.79.